The Hall–Kier alpha value is -3.34. The summed E-state index contributed by atoms with van der Waals surface area (Å²) < 4.78 is 7.65. The standard InChI is InChI=1S/C22H23N3O2/c1-4-27-21-12-10-20(11-13-21)25-16(2)14-19(17(25)3)15-23-24-22(26)18-8-6-5-7-9-18/h5-15H,4H2,1-3H3,(H,24,26)/b23-15-. The van der Waals surface area contributed by atoms with Crippen molar-refractivity contribution in [2.75, 3.05) is 6.61 Å². The number of carbonyl (C=O) groups excluding carboxylic acids is 1. The maximum atomic E-state index is 12.1. The lowest BCUT2D eigenvalue weighted by Crippen LogP contribution is -2.17. The molecule has 0 saturated carbocycles. The Morgan fingerprint density at radius 3 is 2.48 bits per heavy atom. The average molecular weight is 361 g/mol. The van der Waals surface area contributed by atoms with Crippen LogP contribution in [0.1, 0.15) is 34.2 Å². The van der Waals surface area contributed by atoms with E-state index in [1.54, 1.807) is 18.3 Å². The molecule has 0 aliphatic carbocycles. The Balaban J connectivity index is 1.76. The SMILES string of the molecule is CCOc1ccc(-n2c(C)cc(/C=N\NC(=O)c3ccccc3)c2C)cc1. The second-order valence-electron chi connectivity index (χ2n) is 6.15. The number of aromatic nitrogens is 1. The molecular formula is C22H23N3O2. The quantitative estimate of drug-likeness (QED) is 0.527. The van der Waals surface area contributed by atoms with E-state index in [9.17, 15) is 4.79 Å². The summed E-state index contributed by atoms with van der Waals surface area (Å²) in [4.78, 5) is 12.1. The normalized spacial score (nSPS) is 10.9. The number of carbonyl (C=O) groups is 1. The number of aryl methyl sites for hydroxylation is 1. The van der Waals surface area contributed by atoms with E-state index in [1.165, 1.54) is 0 Å². The van der Waals surface area contributed by atoms with E-state index in [0.717, 1.165) is 28.4 Å². The van der Waals surface area contributed by atoms with Crippen LogP contribution in [-0.4, -0.2) is 23.3 Å². The maximum absolute atomic E-state index is 12.1. The molecule has 0 radical (unpaired) electrons. The van der Waals surface area contributed by atoms with Gasteiger partial charge in [-0.1, -0.05) is 18.2 Å². The molecule has 0 spiro atoms. The molecule has 1 N–H and O–H groups in total. The van der Waals surface area contributed by atoms with E-state index in [-0.39, 0.29) is 5.91 Å². The van der Waals surface area contributed by atoms with Crippen molar-refractivity contribution in [3.05, 3.63) is 83.2 Å². The molecule has 0 bridgehead atoms. The van der Waals surface area contributed by atoms with Crippen molar-refractivity contribution in [2.45, 2.75) is 20.8 Å². The maximum Gasteiger partial charge on any atom is 0.271 e. The van der Waals surface area contributed by atoms with Crippen LogP contribution in [0.25, 0.3) is 5.69 Å². The molecule has 3 rings (SSSR count). The first-order chi connectivity index (χ1) is 13.1. The highest BCUT2D eigenvalue weighted by molar-refractivity contribution is 5.94. The van der Waals surface area contributed by atoms with Crippen LogP contribution < -0.4 is 10.2 Å². The van der Waals surface area contributed by atoms with Crippen LogP contribution in [0.15, 0.2) is 65.8 Å². The van der Waals surface area contributed by atoms with Gasteiger partial charge in [-0.25, -0.2) is 5.43 Å². The van der Waals surface area contributed by atoms with Gasteiger partial charge in [-0.15, -0.1) is 0 Å². The molecule has 27 heavy (non-hydrogen) atoms. The Morgan fingerprint density at radius 2 is 1.81 bits per heavy atom. The number of ether oxygens (including phenoxy) is 1. The molecule has 1 heterocycles. The molecule has 0 aliphatic rings. The van der Waals surface area contributed by atoms with Crippen molar-refractivity contribution >= 4 is 12.1 Å². The summed E-state index contributed by atoms with van der Waals surface area (Å²) >= 11 is 0. The van der Waals surface area contributed by atoms with Crippen LogP contribution in [0.2, 0.25) is 0 Å². The zero-order chi connectivity index (χ0) is 19.2. The minimum Gasteiger partial charge on any atom is -0.494 e. The number of nitrogens with zero attached hydrogens (tertiary/aromatic N) is 2. The van der Waals surface area contributed by atoms with Crippen molar-refractivity contribution in [2.24, 2.45) is 5.10 Å². The molecule has 0 atom stereocenters. The van der Waals surface area contributed by atoms with E-state index < -0.39 is 0 Å². The lowest BCUT2D eigenvalue weighted by molar-refractivity contribution is 0.0955. The fourth-order valence-corrected chi connectivity index (χ4v) is 2.99. The molecule has 3 aromatic rings. The predicted molar refractivity (Wildman–Crippen MR) is 108 cm³/mol. The molecule has 138 valence electrons. The average Bonchev–Trinajstić information content (AvgIpc) is 2.97. The fourth-order valence-electron chi connectivity index (χ4n) is 2.99. The molecule has 2 aromatic carbocycles. The molecule has 0 unspecified atom stereocenters. The van der Waals surface area contributed by atoms with Gasteiger partial charge in [0.1, 0.15) is 5.75 Å². The summed E-state index contributed by atoms with van der Waals surface area (Å²) in [6.07, 6.45) is 1.67. The lowest BCUT2D eigenvalue weighted by Gasteiger charge is -2.10. The number of benzene rings is 2. The highest BCUT2D eigenvalue weighted by Crippen LogP contribution is 2.22. The van der Waals surface area contributed by atoms with Gasteiger partial charge in [-0.2, -0.15) is 5.10 Å². The van der Waals surface area contributed by atoms with Crippen molar-refractivity contribution in [1.82, 2.24) is 9.99 Å². The van der Waals surface area contributed by atoms with Gasteiger partial charge in [0, 0.05) is 28.2 Å². The Bertz CT molecular complexity index is 942. The highest BCUT2D eigenvalue weighted by atomic mass is 16.5. The van der Waals surface area contributed by atoms with Crippen LogP contribution in [0, 0.1) is 13.8 Å². The Labute approximate surface area is 159 Å². The minimum absolute atomic E-state index is 0.229. The van der Waals surface area contributed by atoms with Crippen LogP contribution in [0.5, 0.6) is 5.75 Å². The van der Waals surface area contributed by atoms with Crippen molar-refractivity contribution in [3.8, 4) is 11.4 Å². The van der Waals surface area contributed by atoms with E-state index in [2.05, 4.69) is 15.1 Å². The van der Waals surface area contributed by atoms with Crippen LogP contribution in [0.4, 0.5) is 0 Å². The monoisotopic (exact) mass is 361 g/mol. The zero-order valence-corrected chi connectivity index (χ0v) is 15.8. The largest absolute Gasteiger partial charge is 0.494 e. The summed E-state index contributed by atoms with van der Waals surface area (Å²) in [6, 6.07) is 19.1. The zero-order valence-electron chi connectivity index (χ0n) is 15.8. The highest BCUT2D eigenvalue weighted by Gasteiger charge is 2.10. The number of rotatable bonds is 6. The number of hydrogen-bond acceptors (Lipinski definition) is 3. The molecule has 0 saturated heterocycles. The van der Waals surface area contributed by atoms with Gasteiger partial charge >= 0.3 is 0 Å². The minimum atomic E-state index is -0.229. The summed E-state index contributed by atoms with van der Waals surface area (Å²) in [5, 5.41) is 4.11. The first kappa shape index (κ1) is 18.5. The lowest BCUT2D eigenvalue weighted by atomic mass is 10.2. The Morgan fingerprint density at radius 1 is 1.11 bits per heavy atom. The third-order valence-corrected chi connectivity index (χ3v) is 4.28. The molecule has 5 heteroatoms. The van der Waals surface area contributed by atoms with Crippen molar-refractivity contribution < 1.29 is 9.53 Å². The van der Waals surface area contributed by atoms with Gasteiger partial charge < -0.3 is 9.30 Å². The third kappa shape index (κ3) is 4.26. The number of nitrogens with one attached hydrogen (secondary N) is 1. The van der Waals surface area contributed by atoms with E-state index in [1.807, 2.05) is 69.3 Å². The van der Waals surface area contributed by atoms with Crippen molar-refractivity contribution in [3.63, 3.8) is 0 Å². The van der Waals surface area contributed by atoms with Crippen LogP contribution in [-0.2, 0) is 0 Å². The van der Waals surface area contributed by atoms with E-state index >= 15 is 0 Å². The third-order valence-electron chi connectivity index (χ3n) is 4.28. The van der Waals surface area contributed by atoms with Crippen molar-refractivity contribution in [1.29, 1.82) is 0 Å². The summed E-state index contributed by atoms with van der Waals surface area (Å²) in [6.45, 7) is 6.69. The predicted octanol–water partition coefficient (Wildman–Crippen LogP) is 4.26. The van der Waals surface area contributed by atoms with E-state index in [0.29, 0.717) is 12.2 Å². The van der Waals surface area contributed by atoms with Gasteiger partial charge in [-0.3, -0.25) is 4.79 Å². The summed E-state index contributed by atoms with van der Waals surface area (Å²) in [7, 11) is 0. The summed E-state index contributed by atoms with van der Waals surface area (Å²) in [5.74, 6) is 0.626. The number of hydrazone groups is 1. The first-order valence-corrected chi connectivity index (χ1v) is 8.90. The number of amides is 1. The van der Waals surface area contributed by atoms with Crippen LogP contribution in [0.3, 0.4) is 0 Å². The Kier molecular flexibility index (Phi) is 5.71. The smallest absolute Gasteiger partial charge is 0.271 e. The first-order valence-electron chi connectivity index (χ1n) is 8.90. The molecular weight excluding hydrogens is 338 g/mol. The molecule has 5 nitrogen and oxygen atoms in total. The molecule has 1 amide bonds. The summed E-state index contributed by atoms with van der Waals surface area (Å²) in [5.41, 5.74) is 7.30. The molecule has 0 aliphatic heterocycles. The number of hydrogen-bond donors (Lipinski definition) is 1. The molecule has 1 aromatic heterocycles. The van der Waals surface area contributed by atoms with Gasteiger partial charge in [0.25, 0.3) is 5.91 Å². The topological polar surface area (TPSA) is 55.6 Å². The second kappa shape index (κ2) is 8.36. The van der Waals surface area contributed by atoms with E-state index in [4.69, 9.17) is 4.74 Å². The van der Waals surface area contributed by atoms with Gasteiger partial charge in [0.05, 0.1) is 12.8 Å². The van der Waals surface area contributed by atoms with Crippen LogP contribution >= 0.6 is 0 Å². The van der Waals surface area contributed by atoms with Gasteiger partial charge in [-0.05, 0) is 63.2 Å². The second-order valence-corrected chi connectivity index (χ2v) is 6.15. The molecule has 0 fully saturated rings. The van der Waals surface area contributed by atoms with Gasteiger partial charge in [0.2, 0.25) is 0 Å². The van der Waals surface area contributed by atoms with Gasteiger partial charge in [0.15, 0.2) is 0 Å². The fraction of sp³-hybridized carbons (Fsp3) is 0.182.